The first-order valence-electron chi connectivity index (χ1n) is 10.1. The second-order valence-corrected chi connectivity index (χ2v) is 7.11. The summed E-state index contributed by atoms with van der Waals surface area (Å²) in [7, 11) is 0. The Labute approximate surface area is 185 Å². The molecule has 0 bridgehead atoms. The highest BCUT2D eigenvalue weighted by molar-refractivity contribution is 5.81. The van der Waals surface area contributed by atoms with Gasteiger partial charge in [0.2, 0.25) is 0 Å². The van der Waals surface area contributed by atoms with Crippen molar-refractivity contribution in [1.29, 1.82) is 0 Å². The number of phenols is 3. The van der Waals surface area contributed by atoms with Crippen molar-refractivity contribution in [1.82, 2.24) is 9.97 Å². The molecule has 0 aliphatic heterocycles. The number of aromatic hydroxyl groups is 3. The van der Waals surface area contributed by atoms with Crippen LogP contribution in [0.4, 0.5) is 0 Å². The Kier molecular flexibility index (Phi) is 6.18. The summed E-state index contributed by atoms with van der Waals surface area (Å²) in [5.41, 5.74) is 5.38. The molecule has 1 heterocycles. The van der Waals surface area contributed by atoms with E-state index in [4.69, 9.17) is 20.3 Å². The van der Waals surface area contributed by atoms with Crippen LogP contribution in [0, 0.1) is 0 Å². The Balaban J connectivity index is 0.000000230. The number of aromatic nitrogens is 2. The van der Waals surface area contributed by atoms with E-state index in [1.165, 1.54) is 0 Å². The smallest absolute Gasteiger partial charge is 0.138 e. The van der Waals surface area contributed by atoms with Gasteiger partial charge in [-0.3, -0.25) is 0 Å². The molecule has 0 saturated heterocycles. The van der Waals surface area contributed by atoms with Crippen molar-refractivity contribution in [3.8, 4) is 51.2 Å². The molecule has 1 aromatic heterocycles. The maximum absolute atomic E-state index is 8.67. The van der Waals surface area contributed by atoms with Gasteiger partial charge in [-0.05, 0) is 0 Å². The van der Waals surface area contributed by atoms with Crippen molar-refractivity contribution in [3.63, 3.8) is 0 Å². The zero-order valence-electron chi connectivity index (χ0n) is 17.2. The maximum atomic E-state index is 8.67. The molecule has 0 radical (unpaired) electrons. The summed E-state index contributed by atoms with van der Waals surface area (Å²) in [5, 5.41) is 26.0. The van der Waals surface area contributed by atoms with Gasteiger partial charge in [-0.15, -0.1) is 0 Å². The van der Waals surface area contributed by atoms with E-state index in [1.54, 1.807) is 0 Å². The van der Waals surface area contributed by atoms with Crippen LogP contribution in [0.3, 0.4) is 0 Å². The molecule has 4 N–H and O–H groups in total. The molecule has 0 fully saturated rings. The number of aromatic amines is 1. The fraction of sp³-hybridized carbons (Fsp3) is 0. The molecule has 158 valence electrons. The van der Waals surface area contributed by atoms with Crippen LogP contribution < -0.4 is 0 Å². The number of nitrogens with one attached hydrogen (secondary N) is 1. The van der Waals surface area contributed by atoms with Crippen LogP contribution in [-0.4, -0.2) is 25.3 Å². The van der Waals surface area contributed by atoms with Gasteiger partial charge in [0.1, 0.15) is 23.1 Å². The Morgan fingerprint density at radius 2 is 0.906 bits per heavy atom. The topological polar surface area (TPSA) is 89.4 Å². The van der Waals surface area contributed by atoms with E-state index in [1.807, 2.05) is 54.6 Å². The van der Waals surface area contributed by atoms with E-state index in [2.05, 4.69) is 41.4 Å². The van der Waals surface area contributed by atoms with Gasteiger partial charge in [0.05, 0.1) is 11.4 Å². The number of hydrogen-bond acceptors (Lipinski definition) is 4. The predicted molar refractivity (Wildman–Crippen MR) is 126 cm³/mol. The minimum absolute atomic E-state index is 0.146. The van der Waals surface area contributed by atoms with Crippen LogP contribution in [-0.2, 0) is 0 Å². The van der Waals surface area contributed by atoms with Crippen molar-refractivity contribution >= 4 is 0 Å². The second kappa shape index (κ2) is 9.53. The Bertz CT molecular complexity index is 1180. The summed E-state index contributed by atoms with van der Waals surface area (Å²) in [6.07, 6.45) is 0. The molecule has 0 saturated carbocycles. The van der Waals surface area contributed by atoms with Crippen LogP contribution in [0.15, 0.2) is 109 Å². The van der Waals surface area contributed by atoms with Crippen LogP contribution in [0.2, 0.25) is 0 Å². The predicted octanol–water partition coefficient (Wildman–Crippen LogP) is 6.21. The molecule has 0 atom stereocenters. The number of phenolic OH excluding ortho intramolecular Hbond substituents is 3. The number of nitrogens with zero attached hydrogens (tertiary/aromatic N) is 1. The third-order valence-electron chi connectivity index (χ3n) is 4.75. The summed E-state index contributed by atoms with van der Waals surface area (Å²) in [6, 6.07) is 34.3. The largest absolute Gasteiger partial charge is 0.508 e. The molecular weight excluding hydrogens is 400 g/mol. The van der Waals surface area contributed by atoms with E-state index in [0.29, 0.717) is 0 Å². The Morgan fingerprint density at radius 3 is 1.38 bits per heavy atom. The lowest BCUT2D eigenvalue weighted by Crippen LogP contribution is -1.82. The van der Waals surface area contributed by atoms with Gasteiger partial charge in [-0.1, -0.05) is 91.0 Å². The van der Waals surface area contributed by atoms with Gasteiger partial charge < -0.3 is 20.3 Å². The summed E-state index contributed by atoms with van der Waals surface area (Å²) in [4.78, 5) is 8.37. The first-order chi connectivity index (χ1) is 15.6. The normalized spacial score (nSPS) is 10.2. The molecule has 5 rings (SSSR count). The number of benzene rings is 4. The van der Waals surface area contributed by atoms with Crippen LogP contribution in [0.1, 0.15) is 0 Å². The van der Waals surface area contributed by atoms with Crippen LogP contribution in [0.5, 0.6) is 17.2 Å². The zero-order valence-corrected chi connectivity index (χ0v) is 17.2. The SMILES string of the molecule is Oc1cc(O)cc(O)c1.c1ccc(-c2nc(-c3ccccc3)c(-c3ccccc3)[nH]2)cc1. The molecule has 4 aromatic carbocycles. The minimum Gasteiger partial charge on any atom is -0.508 e. The molecule has 0 amide bonds. The van der Waals surface area contributed by atoms with Gasteiger partial charge >= 0.3 is 0 Å². The monoisotopic (exact) mass is 422 g/mol. The van der Waals surface area contributed by atoms with E-state index in [9.17, 15) is 0 Å². The highest BCUT2D eigenvalue weighted by Crippen LogP contribution is 2.32. The molecule has 0 aliphatic rings. The van der Waals surface area contributed by atoms with Crippen molar-refractivity contribution in [3.05, 3.63) is 109 Å². The number of rotatable bonds is 3. The summed E-state index contributed by atoms with van der Waals surface area (Å²) in [6.45, 7) is 0. The second-order valence-electron chi connectivity index (χ2n) is 7.11. The molecular formula is C27H22N2O3. The first-order valence-corrected chi connectivity index (χ1v) is 10.1. The number of imidazole rings is 1. The average Bonchev–Trinajstić information content (AvgIpc) is 3.26. The van der Waals surface area contributed by atoms with Crippen molar-refractivity contribution in [2.75, 3.05) is 0 Å². The van der Waals surface area contributed by atoms with Crippen LogP contribution >= 0.6 is 0 Å². The van der Waals surface area contributed by atoms with Gasteiger partial charge in [-0.2, -0.15) is 0 Å². The van der Waals surface area contributed by atoms with Gasteiger partial charge in [0.15, 0.2) is 0 Å². The highest BCUT2D eigenvalue weighted by Gasteiger charge is 2.14. The van der Waals surface area contributed by atoms with E-state index >= 15 is 0 Å². The quantitative estimate of drug-likeness (QED) is 0.278. The third kappa shape index (κ3) is 4.96. The fourth-order valence-corrected chi connectivity index (χ4v) is 3.30. The van der Waals surface area contributed by atoms with Gasteiger partial charge in [0, 0.05) is 34.9 Å². The van der Waals surface area contributed by atoms with Gasteiger partial charge in [-0.25, -0.2) is 4.98 Å². The molecule has 5 nitrogen and oxygen atoms in total. The average molecular weight is 422 g/mol. The van der Waals surface area contributed by atoms with Crippen molar-refractivity contribution < 1.29 is 15.3 Å². The number of hydrogen-bond donors (Lipinski definition) is 4. The minimum atomic E-state index is -0.146. The van der Waals surface area contributed by atoms with Crippen molar-refractivity contribution in [2.45, 2.75) is 0 Å². The fourth-order valence-electron chi connectivity index (χ4n) is 3.30. The summed E-state index contributed by atoms with van der Waals surface area (Å²) in [5.74, 6) is 0.454. The van der Waals surface area contributed by atoms with Crippen molar-refractivity contribution in [2.24, 2.45) is 0 Å². The molecule has 32 heavy (non-hydrogen) atoms. The lowest BCUT2D eigenvalue weighted by molar-refractivity contribution is 0.428. The highest BCUT2D eigenvalue weighted by atomic mass is 16.3. The lowest BCUT2D eigenvalue weighted by Gasteiger charge is -2.02. The van der Waals surface area contributed by atoms with Gasteiger partial charge in [0.25, 0.3) is 0 Å². The van der Waals surface area contributed by atoms with E-state index < -0.39 is 0 Å². The third-order valence-corrected chi connectivity index (χ3v) is 4.75. The van der Waals surface area contributed by atoms with Crippen LogP contribution in [0.25, 0.3) is 33.9 Å². The Hall–Kier alpha value is -4.51. The summed E-state index contributed by atoms with van der Waals surface area (Å²) < 4.78 is 0. The Morgan fingerprint density at radius 1 is 0.500 bits per heavy atom. The van der Waals surface area contributed by atoms with E-state index in [-0.39, 0.29) is 17.2 Å². The van der Waals surface area contributed by atoms with E-state index in [0.717, 1.165) is 52.1 Å². The molecule has 5 aromatic rings. The molecule has 0 spiro atoms. The summed E-state index contributed by atoms with van der Waals surface area (Å²) >= 11 is 0. The number of H-pyrrole nitrogens is 1. The molecule has 0 unspecified atom stereocenters. The molecule has 0 aliphatic carbocycles. The zero-order chi connectivity index (χ0) is 22.3. The lowest BCUT2D eigenvalue weighted by atomic mass is 10.1. The standard InChI is InChI=1S/C21H16N2.C6H6O3/c1-4-10-16(11-5-1)19-20(17-12-6-2-7-13-17)23-21(22-19)18-14-8-3-9-15-18;7-4-1-5(8)3-6(9)2-4/h1-15H,(H,22,23);1-3,7-9H. The first kappa shape index (κ1) is 20.8. The molecule has 5 heteroatoms. The maximum Gasteiger partial charge on any atom is 0.138 e.